The first kappa shape index (κ1) is 12.5. The van der Waals surface area contributed by atoms with Crippen molar-refractivity contribution in [1.82, 2.24) is 5.48 Å². The van der Waals surface area contributed by atoms with Crippen LogP contribution >= 0.6 is 0 Å². The van der Waals surface area contributed by atoms with Crippen LogP contribution in [0.25, 0.3) is 0 Å². The molecule has 0 amide bonds. The fourth-order valence-corrected chi connectivity index (χ4v) is 1.34. The molecule has 0 radical (unpaired) electrons. The summed E-state index contributed by atoms with van der Waals surface area (Å²) in [7, 11) is 0. The number of hydroxylamine groups is 1. The van der Waals surface area contributed by atoms with Crippen LogP contribution in [0.4, 0.5) is 0 Å². The highest BCUT2D eigenvalue weighted by Crippen LogP contribution is 2.13. The van der Waals surface area contributed by atoms with Crippen LogP contribution in [0.1, 0.15) is 19.4 Å². The minimum absolute atomic E-state index is 0.366. The average Bonchev–Trinajstić information content (AvgIpc) is 2.32. The Morgan fingerprint density at radius 1 is 1.44 bits per heavy atom. The number of hydrogen-bond acceptors (Lipinski definition) is 5. The Kier molecular flexibility index (Phi) is 4.75. The fraction of sp³-hybridized carbons (Fsp3) is 0.364. The predicted octanol–water partition coefficient (Wildman–Crippen LogP) is 1.63. The smallest absolute Gasteiger partial charge is 0.119 e. The molecule has 0 bridgehead atoms. The molecule has 0 fully saturated rings. The molecule has 0 aromatic heterocycles. The highest BCUT2D eigenvalue weighted by molar-refractivity contribution is 6.03. The van der Waals surface area contributed by atoms with Crippen LogP contribution in [0.5, 0.6) is 5.75 Å². The van der Waals surface area contributed by atoms with Gasteiger partial charge in [-0.1, -0.05) is 5.16 Å². The maximum Gasteiger partial charge on any atom is 0.119 e. The third-order valence-electron chi connectivity index (χ3n) is 2.17. The molecule has 1 rings (SSSR count). The van der Waals surface area contributed by atoms with Crippen LogP contribution in [0.3, 0.4) is 0 Å². The number of ether oxygens (including phenoxy) is 1. The molecule has 0 aliphatic heterocycles. The van der Waals surface area contributed by atoms with Crippen LogP contribution in [0.2, 0.25) is 0 Å². The highest BCUT2D eigenvalue weighted by Gasteiger charge is 2.12. The summed E-state index contributed by atoms with van der Waals surface area (Å²) in [5.74, 6) is 0.758. The molecular formula is C11H16N2O3. The molecule has 0 saturated heterocycles. The minimum atomic E-state index is -0.442. The number of nitrogens with one attached hydrogen (secondary N) is 1. The number of hydrogen-bond donors (Lipinski definition) is 3. The van der Waals surface area contributed by atoms with Gasteiger partial charge in [0.2, 0.25) is 0 Å². The van der Waals surface area contributed by atoms with E-state index in [-0.39, 0.29) is 0 Å². The zero-order valence-electron chi connectivity index (χ0n) is 9.34. The Morgan fingerprint density at radius 3 is 2.50 bits per heavy atom. The Hall–Kier alpha value is -1.59. The summed E-state index contributed by atoms with van der Waals surface area (Å²) in [5.41, 5.74) is 3.12. The monoisotopic (exact) mass is 224 g/mol. The molecule has 88 valence electrons. The van der Waals surface area contributed by atoms with Gasteiger partial charge in [0.15, 0.2) is 0 Å². The third kappa shape index (κ3) is 2.95. The largest absolute Gasteiger partial charge is 0.494 e. The first-order chi connectivity index (χ1) is 7.72. The molecule has 0 unspecified atom stereocenters. The molecule has 0 saturated carbocycles. The highest BCUT2D eigenvalue weighted by atomic mass is 16.5. The van der Waals surface area contributed by atoms with E-state index in [1.54, 1.807) is 31.2 Å². The van der Waals surface area contributed by atoms with E-state index in [9.17, 15) is 0 Å². The fourth-order valence-electron chi connectivity index (χ4n) is 1.34. The van der Waals surface area contributed by atoms with Crippen molar-refractivity contribution in [3.63, 3.8) is 0 Å². The molecule has 5 nitrogen and oxygen atoms in total. The number of benzene rings is 1. The Balaban J connectivity index is 2.87. The molecule has 0 spiro atoms. The first-order valence-electron chi connectivity index (χ1n) is 5.07. The molecule has 3 N–H and O–H groups in total. The number of rotatable bonds is 5. The summed E-state index contributed by atoms with van der Waals surface area (Å²) in [6.45, 7) is 4.20. The quantitative estimate of drug-likeness (QED) is 0.404. The molecule has 16 heavy (non-hydrogen) atoms. The Labute approximate surface area is 94.3 Å². The molecule has 0 heterocycles. The van der Waals surface area contributed by atoms with Gasteiger partial charge in [-0.05, 0) is 38.1 Å². The van der Waals surface area contributed by atoms with Gasteiger partial charge in [0.25, 0.3) is 0 Å². The molecular weight excluding hydrogens is 208 g/mol. The van der Waals surface area contributed by atoms with Crippen molar-refractivity contribution >= 4 is 5.71 Å². The van der Waals surface area contributed by atoms with E-state index in [0.29, 0.717) is 12.3 Å². The summed E-state index contributed by atoms with van der Waals surface area (Å²) < 4.78 is 5.29. The number of oxime groups is 1. The van der Waals surface area contributed by atoms with Crippen molar-refractivity contribution in [2.24, 2.45) is 5.16 Å². The lowest BCUT2D eigenvalue weighted by atomic mass is 10.1. The van der Waals surface area contributed by atoms with Gasteiger partial charge < -0.3 is 15.2 Å². The summed E-state index contributed by atoms with van der Waals surface area (Å²) >= 11 is 0. The molecule has 5 heteroatoms. The lowest BCUT2D eigenvalue weighted by Gasteiger charge is -2.11. The Bertz CT molecular complexity index is 349. The normalized spacial score (nSPS) is 13.6. The van der Waals surface area contributed by atoms with Crippen LogP contribution < -0.4 is 10.2 Å². The van der Waals surface area contributed by atoms with E-state index < -0.39 is 6.04 Å². The minimum Gasteiger partial charge on any atom is -0.494 e. The molecule has 0 aliphatic rings. The standard InChI is InChI=1S/C11H16N2O3/c1-3-16-10-6-4-9(5-7-10)11(13-15)8(2)12-14/h4-8,12,14-15H,3H2,1-2H3/b13-11-/t8-/m1/s1. The summed E-state index contributed by atoms with van der Waals surface area (Å²) in [5, 5.41) is 20.8. The second kappa shape index (κ2) is 6.09. The van der Waals surface area contributed by atoms with Gasteiger partial charge in [0.1, 0.15) is 11.5 Å². The van der Waals surface area contributed by atoms with E-state index in [4.69, 9.17) is 15.2 Å². The number of nitrogens with zero attached hydrogens (tertiary/aromatic N) is 1. The van der Waals surface area contributed by atoms with E-state index in [2.05, 4.69) is 5.16 Å². The van der Waals surface area contributed by atoms with Crippen molar-refractivity contribution in [2.75, 3.05) is 6.61 Å². The zero-order valence-corrected chi connectivity index (χ0v) is 9.34. The van der Waals surface area contributed by atoms with Crippen LogP contribution in [-0.2, 0) is 0 Å². The van der Waals surface area contributed by atoms with Crippen LogP contribution in [0, 0.1) is 0 Å². The van der Waals surface area contributed by atoms with E-state index >= 15 is 0 Å². The van der Waals surface area contributed by atoms with E-state index in [0.717, 1.165) is 11.3 Å². The van der Waals surface area contributed by atoms with Gasteiger partial charge in [0, 0.05) is 5.56 Å². The van der Waals surface area contributed by atoms with Gasteiger partial charge >= 0.3 is 0 Å². The molecule has 0 aliphatic carbocycles. The zero-order chi connectivity index (χ0) is 12.0. The van der Waals surface area contributed by atoms with E-state index in [1.165, 1.54) is 0 Å². The van der Waals surface area contributed by atoms with Crippen molar-refractivity contribution in [1.29, 1.82) is 0 Å². The van der Waals surface area contributed by atoms with Gasteiger partial charge in [-0.3, -0.25) is 0 Å². The van der Waals surface area contributed by atoms with Crippen LogP contribution in [0.15, 0.2) is 29.4 Å². The molecule has 1 aromatic rings. The molecule has 1 atom stereocenters. The van der Waals surface area contributed by atoms with Crippen molar-refractivity contribution in [3.8, 4) is 5.75 Å². The lowest BCUT2D eigenvalue weighted by molar-refractivity contribution is 0.154. The van der Waals surface area contributed by atoms with E-state index in [1.807, 2.05) is 12.4 Å². The molecule has 1 aromatic carbocycles. The van der Waals surface area contributed by atoms with Crippen molar-refractivity contribution in [3.05, 3.63) is 29.8 Å². The van der Waals surface area contributed by atoms with Crippen LogP contribution in [-0.4, -0.2) is 28.8 Å². The van der Waals surface area contributed by atoms with Gasteiger partial charge in [-0.2, -0.15) is 5.48 Å². The maximum atomic E-state index is 8.86. The second-order valence-electron chi connectivity index (χ2n) is 3.29. The van der Waals surface area contributed by atoms with Gasteiger partial charge in [0.05, 0.1) is 12.6 Å². The SMILES string of the molecule is CCOc1ccc(/C(=N\O)[C@@H](C)NO)cc1. The maximum absolute atomic E-state index is 8.86. The topological polar surface area (TPSA) is 74.1 Å². The third-order valence-corrected chi connectivity index (χ3v) is 2.17. The summed E-state index contributed by atoms with van der Waals surface area (Å²) in [6, 6.07) is 6.67. The van der Waals surface area contributed by atoms with Gasteiger partial charge in [-0.25, -0.2) is 0 Å². The Morgan fingerprint density at radius 2 is 2.06 bits per heavy atom. The lowest BCUT2D eigenvalue weighted by Crippen LogP contribution is -2.32. The predicted molar refractivity (Wildman–Crippen MR) is 60.3 cm³/mol. The van der Waals surface area contributed by atoms with Gasteiger partial charge in [-0.15, -0.1) is 0 Å². The summed E-state index contributed by atoms with van der Waals surface area (Å²) in [4.78, 5) is 0. The average molecular weight is 224 g/mol. The summed E-state index contributed by atoms with van der Waals surface area (Å²) in [6.07, 6.45) is 0. The van der Waals surface area contributed by atoms with Crippen molar-refractivity contribution in [2.45, 2.75) is 19.9 Å². The van der Waals surface area contributed by atoms with Crippen molar-refractivity contribution < 1.29 is 15.2 Å². The second-order valence-corrected chi connectivity index (χ2v) is 3.29. The first-order valence-corrected chi connectivity index (χ1v) is 5.07.